The molecule has 104 valence electrons. The molecule has 3 aromatic rings. The van der Waals surface area contributed by atoms with E-state index in [4.69, 9.17) is 0 Å². The lowest BCUT2D eigenvalue weighted by Gasteiger charge is -2.11. The van der Waals surface area contributed by atoms with Gasteiger partial charge in [0, 0.05) is 23.1 Å². The summed E-state index contributed by atoms with van der Waals surface area (Å²) in [5.41, 5.74) is 4.95. The molecule has 0 unspecified atom stereocenters. The third kappa shape index (κ3) is 2.95. The topological polar surface area (TPSA) is 26.9 Å². The number of nitrogens with zero attached hydrogens (tertiary/aromatic N) is 1. The third-order valence-corrected chi connectivity index (χ3v) is 3.53. The van der Waals surface area contributed by atoms with Crippen LogP contribution in [0.15, 0.2) is 72.9 Å². The smallest absolute Gasteiger partial charge is 0.227 e. The van der Waals surface area contributed by atoms with Gasteiger partial charge in [0.25, 0.3) is 0 Å². The molecule has 0 fully saturated rings. The maximum atomic E-state index is 12.4. The van der Waals surface area contributed by atoms with Crippen molar-refractivity contribution in [1.29, 1.82) is 0 Å². The molecule has 1 heterocycles. The Morgan fingerprint density at radius 1 is 0.905 bits per heavy atom. The first-order valence-corrected chi connectivity index (χ1v) is 7.06. The Kier molecular flexibility index (Phi) is 3.69. The summed E-state index contributed by atoms with van der Waals surface area (Å²) in [6, 6.07) is 22.2. The average Bonchev–Trinajstić information content (AvgIpc) is 2.48. The van der Waals surface area contributed by atoms with Gasteiger partial charge in [-0.2, -0.15) is 4.73 Å². The number of rotatable bonds is 3. The highest BCUT2D eigenvalue weighted by Crippen LogP contribution is 2.23. The Balaban J connectivity index is 2.11. The average molecular weight is 275 g/mol. The minimum absolute atomic E-state index is 0.741. The Morgan fingerprint density at radius 3 is 2.19 bits per heavy atom. The van der Waals surface area contributed by atoms with E-state index in [9.17, 15) is 5.21 Å². The van der Waals surface area contributed by atoms with Crippen molar-refractivity contribution in [2.45, 2.75) is 13.3 Å². The fourth-order valence-electron chi connectivity index (χ4n) is 2.63. The van der Waals surface area contributed by atoms with Gasteiger partial charge < -0.3 is 5.21 Å². The molecule has 0 atom stereocenters. The van der Waals surface area contributed by atoms with Crippen LogP contribution in [0, 0.1) is 12.1 Å². The highest BCUT2D eigenvalue weighted by Gasteiger charge is 2.16. The van der Waals surface area contributed by atoms with Gasteiger partial charge in [-0.25, -0.2) is 0 Å². The van der Waals surface area contributed by atoms with Crippen LogP contribution in [0.4, 0.5) is 0 Å². The SMILES string of the molecule is Cc1cc(Cc2ccccc2)c(-c2ccccc2)[n+]([O-])c1. The van der Waals surface area contributed by atoms with E-state index in [1.165, 1.54) is 5.56 Å². The van der Waals surface area contributed by atoms with Gasteiger partial charge in [0.1, 0.15) is 0 Å². The summed E-state index contributed by atoms with van der Waals surface area (Å²) in [7, 11) is 0. The second kappa shape index (κ2) is 5.80. The maximum absolute atomic E-state index is 12.4. The zero-order chi connectivity index (χ0) is 14.7. The molecule has 0 aliphatic heterocycles. The van der Waals surface area contributed by atoms with E-state index >= 15 is 0 Å². The van der Waals surface area contributed by atoms with Crippen molar-refractivity contribution in [3.8, 4) is 11.3 Å². The van der Waals surface area contributed by atoms with Crippen molar-refractivity contribution < 1.29 is 4.73 Å². The first-order chi connectivity index (χ1) is 10.2. The van der Waals surface area contributed by atoms with Gasteiger partial charge in [0.05, 0.1) is 0 Å². The Bertz CT molecular complexity index is 736. The monoisotopic (exact) mass is 275 g/mol. The number of aromatic nitrogens is 1. The first-order valence-electron chi connectivity index (χ1n) is 7.06. The van der Waals surface area contributed by atoms with Gasteiger partial charge in [0.15, 0.2) is 6.20 Å². The summed E-state index contributed by atoms with van der Waals surface area (Å²) >= 11 is 0. The molecule has 0 bridgehead atoms. The van der Waals surface area contributed by atoms with Gasteiger partial charge in [-0.15, -0.1) is 0 Å². The van der Waals surface area contributed by atoms with Crippen molar-refractivity contribution >= 4 is 0 Å². The molecule has 0 amide bonds. The minimum atomic E-state index is 0.741. The van der Waals surface area contributed by atoms with Crippen LogP contribution in [0.3, 0.4) is 0 Å². The fourth-order valence-corrected chi connectivity index (χ4v) is 2.63. The quantitative estimate of drug-likeness (QED) is 0.526. The van der Waals surface area contributed by atoms with E-state index in [-0.39, 0.29) is 0 Å². The summed E-state index contributed by atoms with van der Waals surface area (Å²) in [5, 5.41) is 12.4. The van der Waals surface area contributed by atoms with Crippen molar-refractivity contribution in [1.82, 2.24) is 0 Å². The number of hydrogen-bond acceptors (Lipinski definition) is 1. The minimum Gasteiger partial charge on any atom is -0.618 e. The van der Waals surface area contributed by atoms with Crippen LogP contribution < -0.4 is 4.73 Å². The normalized spacial score (nSPS) is 10.5. The molecule has 0 saturated heterocycles. The molecule has 1 aromatic heterocycles. The van der Waals surface area contributed by atoms with Gasteiger partial charge >= 0.3 is 0 Å². The zero-order valence-corrected chi connectivity index (χ0v) is 12.0. The second-order valence-corrected chi connectivity index (χ2v) is 5.25. The Hall–Kier alpha value is -2.61. The van der Waals surface area contributed by atoms with Gasteiger partial charge in [-0.1, -0.05) is 48.5 Å². The summed E-state index contributed by atoms with van der Waals surface area (Å²) in [6.07, 6.45) is 2.39. The van der Waals surface area contributed by atoms with Crippen LogP contribution in [-0.4, -0.2) is 0 Å². The number of aryl methyl sites for hydroxylation is 1. The van der Waals surface area contributed by atoms with Gasteiger partial charge in [-0.3, -0.25) is 0 Å². The summed E-state index contributed by atoms with van der Waals surface area (Å²) in [6.45, 7) is 1.96. The molecule has 0 aliphatic carbocycles. The standard InChI is InChI=1S/C19H17NO/c1-15-12-18(13-16-8-4-2-5-9-16)19(20(21)14-15)17-10-6-3-7-11-17/h2-12,14H,13H2,1H3. The van der Waals surface area contributed by atoms with E-state index in [0.717, 1.165) is 33.5 Å². The van der Waals surface area contributed by atoms with Crippen LogP contribution in [-0.2, 0) is 6.42 Å². The van der Waals surface area contributed by atoms with Crippen LogP contribution >= 0.6 is 0 Å². The van der Waals surface area contributed by atoms with Crippen LogP contribution in [0.2, 0.25) is 0 Å². The van der Waals surface area contributed by atoms with Crippen molar-refractivity contribution in [2.75, 3.05) is 0 Å². The van der Waals surface area contributed by atoms with Crippen LogP contribution in [0.1, 0.15) is 16.7 Å². The van der Waals surface area contributed by atoms with E-state index in [0.29, 0.717) is 0 Å². The maximum Gasteiger partial charge on any atom is 0.227 e. The summed E-state index contributed by atoms with van der Waals surface area (Å²) < 4.78 is 0.989. The molecular formula is C19H17NO. The summed E-state index contributed by atoms with van der Waals surface area (Å²) in [4.78, 5) is 0. The molecule has 0 spiro atoms. The van der Waals surface area contributed by atoms with Crippen molar-refractivity contribution in [3.63, 3.8) is 0 Å². The predicted octanol–water partition coefficient (Wildman–Crippen LogP) is 3.89. The van der Waals surface area contributed by atoms with Crippen LogP contribution in [0.25, 0.3) is 11.3 Å². The molecule has 2 aromatic carbocycles. The van der Waals surface area contributed by atoms with Gasteiger partial charge in [0.2, 0.25) is 5.69 Å². The largest absolute Gasteiger partial charge is 0.618 e. The predicted molar refractivity (Wildman–Crippen MR) is 84.8 cm³/mol. The number of benzene rings is 2. The molecule has 21 heavy (non-hydrogen) atoms. The number of pyridine rings is 1. The lowest BCUT2D eigenvalue weighted by molar-refractivity contribution is -0.594. The fraction of sp³-hybridized carbons (Fsp3) is 0.105. The zero-order valence-electron chi connectivity index (χ0n) is 12.0. The lowest BCUT2D eigenvalue weighted by atomic mass is 9.98. The molecule has 2 nitrogen and oxygen atoms in total. The highest BCUT2D eigenvalue weighted by atomic mass is 16.5. The molecule has 0 aliphatic rings. The highest BCUT2D eigenvalue weighted by molar-refractivity contribution is 5.61. The Morgan fingerprint density at radius 2 is 1.52 bits per heavy atom. The molecule has 0 radical (unpaired) electrons. The van der Waals surface area contributed by atoms with Gasteiger partial charge in [-0.05, 0) is 30.7 Å². The van der Waals surface area contributed by atoms with Crippen LogP contribution in [0.5, 0.6) is 0 Å². The molecule has 0 N–H and O–H groups in total. The number of hydrogen-bond donors (Lipinski definition) is 0. The van der Waals surface area contributed by atoms with E-state index in [1.54, 1.807) is 6.20 Å². The van der Waals surface area contributed by atoms with Crippen molar-refractivity contribution in [2.24, 2.45) is 0 Å². The van der Waals surface area contributed by atoms with E-state index in [1.807, 2.05) is 55.5 Å². The lowest BCUT2D eigenvalue weighted by Crippen LogP contribution is -2.30. The van der Waals surface area contributed by atoms with E-state index in [2.05, 4.69) is 18.2 Å². The van der Waals surface area contributed by atoms with E-state index < -0.39 is 0 Å². The molecular weight excluding hydrogens is 258 g/mol. The van der Waals surface area contributed by atoms with Crippen molar-refractivity contribution in [3.05, 3.63) is 94.8 Å². The second-order valence-electron chi connectivity index (χ2n) is 5.25. The third-order valence-electron chi connectivity index (χ3n) is 3.53. The Labute approximate surface area is 124 Å². The molecule has 0 saturated carbocycles. The molecule has 3 rings (SSSR count). The molecule has 2 heteroatoms. The first kappa shape index (κ1) is 13.4. The summed E-state index contributed by atoms with van der Waals surface area (Å²) in [5.74, 6) is 0.